The van der Waals surface area contributed by atoms with Crippen LogP contribution in [0.15, 0.2) is 59.4 Å². The molecule has 1 aliphatic rings. The van der Waals surface area contributed by atoms with E-state index < -0.39 is 28.8 Å². The second kappa shape index (κ2) is 8.02. The van der Waals surface area contributed by atoms with Crippen molar-refractivity contribution in [3.63, 3.8) is 0 Å². The Bertz CT molecular complexity index is 1200. The Morgan fingerprint density at radius 1 is 1.10 bits per heavy atom. The van der Waals surface area contributed by atoms with Gasteiger partial charge in [0.15, 0.2) is 5.69 Å². The van der Waals surface area contributed by atoms with Crippen LogP contribution in [0.1, 0.15) is 39.3 Å². The Morgan fingerprint density at radius 3 is 2.52 bits per heavy atom. The smallest absolute Gasteiger partial charge is 0.347 e. The fraction of sp³-hybridized carbons (Fsp3) is 0.261. The molecule has 0 saturated carbocycles. The van der Waals surface area contributed by atoms with Gasteiger partial charge in [-0.1, -0.05) is 36.4 Å². The number of alkyl halides is 3. The molecular formula is C23H20F3N3O2. The van der Waals surface area contributed by atoms with Gasteiger partial charge in [-0.25, -0.2) is 4.68 Å². The molecule has 160 valence electrons. The van der Waals surface area contributed by atoms with Crippen LogP contribution in [0.2, 0.25) is 0 Å². The first-order valence-corrected chi connectivity index (χ1v) is 9.89. The van der Waals surface area contributed by atoms with Crippen molar-refractivity contribution in [2.45, 2.75) is 38.4 Å². The number of hydrogen-bond donors (Lipinski definition) is 1. The zero-order valence-corrected chi connectivity index (χ0v) is 16.7. The van der Waals surface area contributed by atoms with E-state index in [4.69, 9.17) is 0 Å². The van der Waals surface area contributed by atoms with Gasteiger partial charge in [-0.3, -0.25) is 9.59 Å². The average Bonchev–Trinajstić information content (AvgIpc) is 2.73. The summed E-state index contributed by atoms with van der Waals surface area (Å²) in [5.74, 6) is -0.687. The van der Waals surface area contributed by atoms with Gasteiger partial charge in [0.05, 0.1) is 11.3 Å². The fourth-order valence-electron chi connectivity index (χ4n) is 3.92. The molecule has 0 fully saturated rings. The predicted molar refractivity (Wildman–Crippen MR) is 109 cm³/mol. The lowest BCUT2D eigenvalue weighted by Gasteiger charge is -2.25. The number of para-hydroxylation sites is 1. The lowest BCUT2D eigenvalue weighted by atomic mass is 9.88. The van der Waals surface area contributed by atoms with Crippen molar-refractivity contribution in [1.82, 2.24) is 15.1 Å². The number of carbonyl (C=O) groups is 1. The molecule has 0 radical (unpaired) electrons. The summed E-state index contributed by atoms with van der Waals surface area (Å²) in [6.07, 6.45) is -2.48. The molecule has 2 aromatic carbocycles. The molecule has 8 heteroatoms. The summed E-state index contributed by atoms with van der Waals surface area (Å²) in [5.41, 5.74) is 0.357. The standard InChI is InChI=1S/C23H20F3N3O2/c1-14-12-20(30)21(28-29(14)19-9-5-4-8-18(19)23(24,25)26)22(31)27-17-11-10-15-6-2-3-7-16(15)13-17/h2-9,12,17H,10-11,13H2,1H3,(H,27,31). The van der Waals surface area contributed by atoms with E-state index in [-0.39, 0.29) is 17.4 Å². The van der Waals surface area contributed by atoms with Gasteiger partial charge in [0.1, 0.15) is 0 Å². The normalized spacial score (nSPS) is 15.9. The minimum atomic E-state index is -4.61. The summed E-state index contributed by atoms with van der Waals surface area (Å²) in [4.78, 5) is 25.2. The summed E-state index contributed by atoms with van der Waals surface area (Å²) in [5, 5.41) is 6.84. The zero-order valence-electron chi connectivity index (χ0n) is 16.7. The van der Waals surface area contributed by atoms with Crippen LogP contribution in [0, 0.1) is 6.92 Å². The summed E-state index contributed by atoms with van der Waals surface area (Å²) in [6, 6.07) is 13.8. The van der Waals surface area contributed by atoms with Crippen LogP contribution in [0.3, 0.4) is 0 Å². The average molecular weight is 427 g/mol. The third-order valence-electron chi connectivity index (χ3n) is 5.44. The molecule has 31 heavy (non-hydrogen) atoms. The van der Waals surface area contributed by atoms with E-state index in [9.17, 15) is 22.8 Å². The second-order valence-corrected chi connectivity index (χ2v) is 7.61. The largest absolute Gasteiger partial charge is 0.418 e. The number of hydrogen-bond acceptors (Lipinski definition) is 3. The Hall–Kier alpha value is -3.42. The minimum absolute atomic E-state index is 0.180. The van der Waals surface area contributed by atoms with Crippen LogP contribution in [-0.4, -0.2) is 21.7 Å². The van der Waals surface area contributed by atoms with Crippen LogP contribution in [-0.2, 0) is 19.0 Å². The second-order valence-electron chi connectivity index (χ2n) is 7.61. The number of nitrogens with zero attached hydrogens (tertiary/aromatic N) is 2. The third-order valence-corrected chi connectivity index (χ3v) is 5.44. The first-order chi connectivity index (χ1) is 14.7. The number of benzene rings is 2. The third kappa shape index (κ3) is 4.23. The van der Waals surface area contributed by atoms with Gasteiger partial charge in [-0.15, -0.1) is 0 Å². The number of halogens is 3. The molecule has 0 bridgehead atoms. The van der Waals surface area contributed by atoms with Crippen molar-refractivity contribution < 1.29 is 18.0 Å². The Labute approximate surface area is 176 Å². The number of rotatable bonds is 3. The molecule has 3 aromatic rings. The van der Waals surface area contributed by atoms with E-state index in [0.717, 1.165) is 28.8 Å². The molecule has 5 nitrogen and oxygen atoms in total. The maximum absolute atomic E-state index is 13.5. The van der Waals surface area contributed by atoms with Crippen molar-refractivity contribution in [2.75, 3.05) is 0 Å². The first kappa shape index (κ1) is 20.8. The maximum Gasteiger partial charge on any atom is 0.418 e. The van der Waals surface area contributed by atoms with Crippen LogP contribution in [0.25, 0.3) is 5.69 Å². The molecular weight excluding hydrogens is 407 g/mol. The van der Waals surface area contributed by atoms with Gasteiger partial charge in [0.25, 0.3) is 5.91 Å². The van der Waals surface area contributed by atoms with E-state index in [1.807, 2.05) is 24.3 Å². The van der Waals surface area contributed by atoms with E-state index in [1.165, 1.54) is 30.7 Å². The van der Waals surface area contributed by atoms with Crippen molar-refractivity contribution >= 4 is 5.91 Å². The topological polar surface area (TPSA) is 64.0 Å². The molecule has 1 aliphatic carbocycles. The number of nitrogens with one attached hydrogen (secondary N) is 1. The molecule has 1 unspecified atom stereocenters. The molecule has 0 aliphatic heterocycles. The highest BCUT2D eigenvalue weighted by Crippen LogP contribution is 2.33. The first-order valence-electron chi connectivity index (χ1n) is 9.89. The number of aryl methyl sites for hydroxylation is 2. The SMILES string of the molecule is Cc1cc(=O)c(C(=O)NC2CCc3ccccc3C2)nn1-c1ccccc1C(F)(F)F. The van der Waals surface area contributed by atoms with Gasteiger partial charge in [-0.2, -0.15) is 18.3 Å². The Kier molecular flexibility index (Phi) is 5.39. The zero-order chi connectivity index (χ0) is 22.2. The number of carbonyl (C=O) groups excluding carboxylic acids is 1. The molecule has 0 spiro atoms. The lowest BCUT2D eigenvalue weighted by Crippen LogP contribution is -2.41. The summed E-state index contributed by atoms with van der Waals surface area (Å²) >= 11 is 0. The molecule has 1 N–H and O–H groups in total. The number of aromatic nitrogens is 2. The molecule has 1 aromatic heterocycles. The van der Waals surface area contributed by atoms with Gasteiger partial charge < -0.3 is 5.32 Å². The van der Waals surface area contributed by atoms with E-state index in [2.05, 4.69) is 10.4 Å². The van der Waals surface area contributed by atoms with E-state index in [0.29, 0.717) is 12.8 Å². The highest BCUT2D eigenvalue weighted by molar-refractivity contribution is 5.92. The molecule has 4 rings (SSSR count). The van der Waals surface area contributed by atoms with Gasteiger partial charge in [0.2, 0.25) is 5.43 Å². The van der Waals surface area contributed by atoms with Crippen molar-refractivity contribution in [3.8, 4) is 5.69 Å². The van der Waals surface area contributed by atoms with Crippen molar-refractivity contribution in [2.24, 2.45) is 0 Å². The van der Waals surface area contributed by atoms with E-state index in [1.54, 1.807) is 0 Å². The predicted octanol–water partition coefficient (Wildman–Crippen LogP) is 3.85. The molecule has 1 heterocycles. The Morgan fingerprint density at radius 2 is 1.77 bits per heavy atom. The highest BCUT2D eigenvalue weighted by atomic mass is 19.4. The molecule has 1 atom stereocenters. The summed E-state index contributed by atoms with van der Waals surface area (Å²) in [7, 11) is 0. The summed E-state index contributed by atoms with van der Waals surface area (Å²) < 4.78 is 41.4. The van der Waals surface area contributed by atoms with Gasteiger partial charge >= 0.3 is 6.18 Å². The minimum Gasteiger partial charge on any atom is -0.347 e. The van der Waals surface area contributed by atoms with Crippen LogP contribution in [0.4, 0.5) is 13.2 Å². The molecule has 0 saturated heterocycles. The van der Waals surface area contributed by atoms with Gasteiger partial charge in [0, 0.05) is 17.8 Å². The van der Waals surface area contributed by atoms with Gasteiger partial charge in [-0.05, 0) is 49.4 Å². The lowest BCUT2D eigenvalue weighted by molar-refractivity contribution is -0.137. The van der Waals surface area contributed by atoms with Crippen LogP contribution >= 0.6 is 0 Å². The van der Waals surface area contributed by atoms with Crippen molar-refractivity contribution in [1.29, 1.82) is 0 Å². The van der Waals surface area contributed by atoms with Crippen LogP contribution < -0.4 is 10.7 Å². The number of fused-ring (bicyclic) bond motifs is 1. The monoisotopic (exact) mass is 427 g/mol. The van der Waals surface area contributed by atoms with Crippen LogP contribution in [0.5, 0.6) is 0 Å². The number of amides is 1. The van der Waals surface area contributed by atoms with Crippen molar-refractivity contribution in [3.05, 3.63) is 92.9 Å². The maximum atomic E-state index is 13.5. The fourth-order valence-corrected chi connectivity index (χ4v) is 3.92. The van der Waals surface area contributed by atoms with E-state index >= 15 is 0 Å². The summed E-state index contributed by atoms with van der Waals surface area (Å²) in [6.45, 7) is 1.47. The Balaban J connectivity index is 1.65. The molecule has 1 amide bonds. The highest BCUT2D eigenvalue weighted by Gasteiger charge is 2.34. The quantitative estimate of drug-likeness (QED) is 0.691.